The van der Waals surface area contributed by atoms with Crippen LogP contribution in [0.1, 0.15) is 22.2 Å². The number of aromatic nitrogens is 1. The zero-order chi connectivity index (χ0) is 13.0. The van der Waals surface area contributed by atoms with E-state index in [-0.39, 0.29) is 5.97 Å². The predicted octanol–water partition coefficient (Wildman–Crippen LogP) is 2.86. The summed E-state index contributed by atoms with van der Waals surface area (Å²) in [6, 6.07) is 9.19. The largest absolute Gasteiger partial charge is 0.462 e. The number of benzene rings is 1. The van der Waals surface area contributed by atoms with Crippen LogP contribution in [0.2, 0.25) is 0 Å². The van der Waals surface area contributed by atoms with Crippen LogP contribution in [0.5, 0.6) is 0 Å². The molecule has 90 valence electrons. The highest BCUT2D eigenvalue weighted by Crippen LogP contribution is 2.26. The quantitative estimate of drug-likeness (QED) is 0.794. The van der Waals surface area contributed by atoms with Gasteiger partial charge >= 0.3 is 5.97 Å². The van der Waals surface area contributed by atoms with Crippen molar-refractivity contribution in [3.8, 4) is 16.6 Å². The van der Waals surface area contributed by atoms with Gasteiger partial charge in [-0.15, -0.1) is 11.3 Å². The molecule has 0 aliphatic rings. The molecule has 0 aliphatic carbocycles. The highest BCUT2D eigenvalue weighted by Gasteiger charge is 2.12. The zero-order valence-corrected chi connectivity index (χ0v) is 10.5. The number of esters is 1. The number of nitriles is 1. The Kier molecular flexibility index (Phi) is 3.70. The summed E-state index contributed by atoms with van der Waals surface area (Å²) in [5, 5.41) is 9.54. The Hall–Kier alpha value is -2.19. The third-order valence-corrected chi connectivity index (χ3v) is 3.25. The number of rotatable bonds is 3. The van der Waals surface area contributed by atoms with Crippen molar-refractivity contribution in [1.82, 2.24) is 4.98 Å². The van der Waals surface area contributed by atoms with Crippen LogP contribution in [0.4, 0.5) is 0 Å². The molecule has 4 nitrogen and oxygen atoms in total. The molecular weight excluding hydrogens is 248 g/mol. The van der Waals surface area contributed by atoms with E-state index in [9.17, 15) is 4.79 Å². The minimum absolute atomic E-state index is 0.343. The van der Waals surface area contributed by atoms with Crippen molar-refractivity contribution in [1.29, 1.82) is 5.26 Å². The molecule has 0 N–H and O–H groups in total. The molecule has 1 aromatic carbocycles. The number of ether oxygens (including phenoxy) is 1. The van der Waals surface area contributed by atoms with Crippen LogP contribution >= 0.6 is 11.3 Å². The van der Waals surface area contributed by atoms with E-state index in [4.69, 9.17) is 10.00 Å². The van der Waals surface area contributed by atoms with Gasteiger partial charge in [0.2, 0.25) is 0 Å². The molecule has 5 heteroatoms. The van der Waals surface area contributed by atoms with Gasteiger partial charge in [0, 0.05) is 5.56 Å². The lowest BCUT2D eigenvalue weighted by Gasteiger charge is -1.97. The van der Waals surface area contributed by atoms with Crippen LogP contribution in [0.15, 0.2) is 30.5 Å². The summed E-state index contributed by atoms with van der Waals surface area (Å²) in [5.41, 5.74) is 1.40. The summed E-state index contributed by atoms with van der Waals surface area (Å²) >= 11 is 1.26. The van der Waals surface area contributed by atoms with E-state index >= 15 is 0 Å². The first kappa shape index (κ1) is 12.3. The Bertz CT molecular complexity index is 613. The summed E-state index contributed by atoms with van der Waals surface area (Å²) < 4.78 is 4.90. The predicted molar refractivity (Wildman–Crippen MR) is 68.2 cm³/mol. The van der Waals surface area contributed by atoms with Crippen LogP contribution in [-0.4, -0.2) is 17.6 Å². The van der Waals surface area contributed by atoms with Gasteiger partial charge in [-0.1, -0.05) is 12.1 Å². The highest BCUT2D eigenvalue weighted by atomic mass is 32.1. The van der Waals surface area contributed by atoms with Gasteiger partial charge in [-0.25, -0.2) is 9.78 Å². The fourth-order valence-corrected chi connectivity index (χ4v) is 2.23. The molecule has 1 aromatic heterocycles. The molecule has 0 atom stereocenters. The van der Waals surface area contributed by atoms with Crippen molar-refractivity contribution in [2.24, 2.45) is 0 Å². The van der Waals surface area contributed by atoms with Gasteiger partial charge in [0.25, 0.3) is 0 Å². The van der Waals surface area contributed by atoms with Crippen LogP contribution in [0.3, 0.4) is 0 Å². The number of hydrogen-bond donors (Lipinski definition) is 0. The molecule has 0 aliphatic heterocycles. The van der Waals surface area contributed by atoms with E-state index in [0.717, 1.165) is 5.56 Å². The van der Waals surface area contributed by atoms with Crippen molar-refractivity contribution >= 4 is 17.3 Å². The molecule has 2 rings (SSSR count). The second kappa shape index (κ2) is 5.43. The van der Waals surface area contributed by atoms with E-state index < -0.39 is 0 Å². The monoisotopic (exact) mass is 258 g/mol. The van der Waals surface area contributed by atoms with Crippen LogP contribution in [0, 0.1) is 11.3 Å². The van der Waals surface area contributed by atoms with E-state index in [0.29, 0.717) is 22.1 Å². The normalized spacial score (nSPS) is 9.78. The minimum Gasteiger partial charge on any atom is -0.462 e. The average Bonchev–Trinajstić information content (AvgIpc) is 2.89. The molecule has 0 fully saturated rings. The maximum atomic E-state index is 11.5. The van der Waals surface area contributed by atoms with Crippen molar-refractivity contribution in [2.45, 2.75) is 6.92 Å². The Morgan fingerprint density at radius 1 is 1.56 bits per heavy atom. The van der Waals surface area contributed by atoms with Gasteiger partial charge in [0.15, 0.2) is 0 Å². The molecule has 0 saturated carbocycles. The Morgan fingerprint density at radius 3 is 3.11 bits per heavy atom. The summed E-state index contributed by atoms with van der Waals surface area (Å²) in [6.45, 7) is 2.10. The van der Waals surface area contributed by atoms with Gasteiger partial charge in [0.1, 0.15) is 9.88 Å². The van der Waals surface area contributed by atoms with Crippen LogP contribution < -0.4 is 0 Å². The molecule has 1 heterocycles. The van der Waals surface area contributed by atoms with E-state index in [2.05, 4.69) is 11.1 Å². The topological polar surface area (TPSA) is 63.0 Å². The average molecular weight is 258 g/mol. The third kappa shape index (κ3) is 2.55. The van der Waals surface area contributed by atoms with Gasteiger partial charge in [0.05, 0.1) is 24.4 Å². The molecule has 18 heavy (non-hydrogen) atoms. The van der Waals surface area contributed by atoms with Crippen LogP contribution in [-0.2, 0) is 4.74 Å². The standard InChI is InChI=1S/C13H10N2O2S/c1-2-17-13(16)11-8-15-12(18-11)10-5-3-4-9(6-10)7-14/h3-6,8H,2H2,1H3. The molecule has 0 bridgehead atoms. The van der Waals surface area contributed by atoms with Gasteiger partial charge < -0.3 is 4.74 Å². The number of carbonyl (C=O) groups is 1. The molecule has 0 spiro atoms. The number of carbonyl (C=O) groups excluding carboxylic acids is 1. The van der Waals surface area contributed by atoms with Gasteiger partial charge in [-0.3, -0.25) is 0 Å². The fraction of sp³-hybridized carbons (Fsp3) is 0.154. The second-order valence-corrected chi connectivity index (χ2v) is 4.47. The van der Waals surface area contributed by atoms with Crippen molar-refractivity contribution in [2.75, 3.05) is 6.61 Å². The van der Waals surface area contributed by atoms with Crippen LogP contribution in [0.25, 0.3) is 10.6 Å². The first-order valence-corrected chi connectivity index (χ1v) is 6.19. The highest BCUT2D eigenvalue weighted by molar-refractivity contribution is 7.16. The van der Waals surface area contributed by atoms with E-state index in [1.165, 1.54) is 17.5 Å². The maximum absolute atomic E-state index is 11.5. The van der Waals surface area contributed by atoms with E-state index in [1.807, 2.05) is 6.07 Å². The zero-order valence-electron chi connectivity index (χ0n) is 9.71. The Morgan fingerprint density at radius 2 is 2.39 bits per heavy atom. The number of hydrogen-bond acceptors (Lipinski definition) is 5. The minimum atomic E-state index is -0.363. The summed E-state index contributed by atoms with van der Waals surface area (Å²) in [5.74, 6) is -0.363. The summed E-state index contributed by atoms with van der Waals surface area (Å²) in [7, 11) is 0. The van der Waals surface area contributed by atoms with Gasteiger partial charge in [-0.05, 0) is 19.1 Å². The Balaban J connectivity index is 2.29. The van der Waals surface area contributed by atoms with Crippen molar-refractivity contribution in [3.05, 3.63) is 40.9 Å². The second-order valence-electron chi connectivity index (χ2n) is 3.44. The lowest BCUT2D eigenvalue weighted by Crippen LogP contribution is -2.01. The van der Waals surface area contributed by atoms with E-state index in [1.54, 1.807) is 25.1 Å². The maximum Gasteiger partial charge on any atom is 0.349 e. The number of nitrogens with zero attached hydrogens (tertiary/aromatic N) is 2. The third-order valence-electron chi connectivity index (χ3n) is 2.22. The Labute approximate surface area is 108 Å². The molecule has 0 saturated heterocycles. The fourth-order valence-electron chi connectivity index (χ4n) is 1.43. The molecule has 2 aromatic rings. The molecule has 0 unspecified atom stereocenters. The summed E-state index contributed by atoms with van der Waals surface area (Å²) in [6.07, 6.45) is 1.50. The lowest BCUT2D eigenvalue weighted by molar-refractivity contribution is 0.0532. The molecular formula is C13H10N2O2S. The molecule has 0 radical (unpaired) electrons. The first-order valence-electron chi connectivity index (χ1n) is 5.38. The smallest absolute Gasteiger partial charge is 0.349 e. The SMILES string of the molecule is CCOC(=O)c1cnc(-c2cccc(C#N)c2)s1. The van der Waals surface area contributed by atoms with Gasteiger partial charge in [-0.2, -0.15) is 5.26 Å². The van der Waals surface area contributed by atoms with Crippen molar-refractivity contribution < 1.29 is 9.53 Å². The lowest BCUT2D eigenvalue weighted by atomic mass is 10.1. The summed E-state index contributed by atoms with van der Waals surface area (Å²) in [4.78, 5) is 16.1. The van der Waals surface area contributed by atoms with Crippen molar-refractivity contribution in [3.63, 3.8) is 0 Å². The number of thiazole rings is 1. The first-order chi connectivity index (χ1) is 8.74. The molecule has 0 amide bonds.